The number of phenols is 2. The molecule has 0 aliphatic heterocycles. The van der Waals surface area contributed by atoms with Gasteiger partial charge in [-0.1, -0.05) is 93.9 Å². The van der Waals surface area contributed by atoms with Gasteiger partial charge in [-0.05, 0) is 29.7 Å². The van der Waals surface area contributed by atoms with Gasteiger partial charge in [0.1, 0.15) is 11.5 Å². The van der Waals surface area contributed by atoms with Gasteiger partial charge in [0.25, 0.3) is 0 Å². The Kier molecular flexibility index (Phi) is 6.85. The third-order valence-electron chi connectivity index (χ3n) is 4.58. The Bertz CT molecular complexity index is 807. The zero-order valence-corrected chi connectivity index (χ0v) is 15.8. The molecule has 0 radical (unpaired) electrons. The number of hydrogen-bond acceptors (Lipinski definition) is 2. The highest BCUT2D eigenvalue weighted by atomic mass is 16.3. The van der Waals surface area contributed by atoms with Gasteiger partial charge in [0, 0.05) is 11.0 Å². The van der Waals surface area contributed by atoms with Crippen molar-refractivity contribution in [3.05, 3.63) is 95.6 Å². The second-order valence-electron chi connectivity index (χ2n) is 6.89. The first-order chi connectivity index (χ1) is 12.5. The number of aryl methyl sites for hydroxylation is 1. The summed E-state index contributed by atoms with van der Waals surface area (Å²) in [4.78, 5) is 0. The van der Waals surface area contributed by atoms with E-state index in [2.05, 4.69) is 32.9 Å². The Hall–Kier alpha value is -2.74. The van der Waals surface area contributed by atoms with Crippen LogP contribution in [0.4, 0.5) is 0 Å². The largest absolute Gasteiger partial charge is 0.508 e. The van der Waals surface area contributed by atoms with E-state index >= 15 is 0 Å². The van der Waals surface area contributed by atoms with E-state index in [1.165, 1.54) is 5.56 Å². The Balaban J connectivity index is 0.000000209. The number of benzene rings is 3. The smallest absolute Gasteiger partial charge is 0.119 e. The zero-order chi connectivity index (χ0) is 19.0. The molecule has 2 heteroatoms. The lowest BCUT2D eigenvalue weighted by atomic mass is 9.78. The normalized spacial score (nSPS) is 10.7. The van der Waals surface area contributed by atoms with Crippen molar-refractivity contribution in [2.45, 2.75) is 39.0 Å². The highest BCUT2D eigenvalue weighted by molar-refractivity contribution is 5.44. The SMILES string of the molecule is CC(C)(c1ccccc1)c1ccccc1O.CCCc1ccccc1O. The zero-order valence-electron chi connectivity index (χ0n) is 15.8. The van der Waals surface area contributed by atoms with Crippen molar-refractivity contribution in [2.75, 3.05) is 0 Å². The maximum absolute atomic E-state index is 9.91. The topological polar surface area (TPSA) is 40.5 Å². The average Bonchev–Trinajstić information content (AvgIpc) is 2.65. The van der Waals surface area contributed by atoms with Gasteiger partial charge in [0.05, 0.1) is 0 Å². The van der Waals surface area contributed by atoms with E-state index in [4.69, 9.17) is 0 Å². The van der Waals surface area contributed by atoms with Crippen LogP contribution in [0.2, 0.25) is 0 Å². The molecule has 0 fully saturated rings. The molecule has 0 heterocycles. The number of aromatic hydroxyl groups is 2. The fourth-order valence-electron chi connectivity index (χ4n) is 3.00. The van der Waals surface area contributed by atoms with Gasteiger partial charge in [-0.3, -0.25) is 0 Å². The van der Waals surface area contributed by atoms with Crippen molar-refractivity contribution < 1.29 is 10.2 Å². The van der Waals surface area contributed by atoms with Gasteiger partial charge in [0.15, 0.2) is 0 Å². The van der Waals surface area contributed by atoms with E-state index < -0.39 is 0 Å². The van der Waals surface area contributed by atoms with E-state index in [0.29, 0.717) is 11.5 Å². The van der Waals surface area contributed by atoms with E-state index in [9.17, 15) is 10.2 Å². The molecule has 0 atom stereocenters. The molecule has 0 aliphatic rings. The van der Waals surface area contributed by atoms with Crippen LogP contribution in [0.3, 0.4) is 0 Å². The summed E-state index contributed by atoms with van der Waals surface area (Å²) in [6.45, 7) is 6.35. The molecule has 0 saturated heterocycles. The molecule has 3 aromatic rings. The van der Waals surface area contributed by atoms with Crippen molar-refractivity contribution in [3.8, 4) is 11.5 Å². The van der Waals surface area contributed by atoms with Crippen LogP contribution in [0.5, 0.6) is 11.5 Å². The highest BCUT2D eigenvalue weighted by Crippen LogP contribution is 2.36. The molecule has 0 spiro atoms. The van der Waals surface area contributed by atoms with E-state index in [-0.39, 0.29) is 5.41 Å². The standard InChI is InChI=1S/C15H16O.C9H12O/c1-15(2,12-8-4-3-5-9-12)13-10-6-7-11-14(13)16;1-2-5-8-6-3-4-7-9(8)10/h3-11,16H,1-2H3;3-4,6-7,10H,2,5H2,1H3. The molecular weight excluding hydrogens is 320 g/mol. The lowest BCUT2D eigenvalue weighted by Gasteiger charge is -2.26. The van der Waals surface area contributed by atoms with Gasteiger partial charge in [-0.2, -0.15) is 0 Å². The molecule has 26 heavy (non-hydrogen) atoms. The van der Waals surface area contributed by atoms with Crippen molar-refractivity contribution in [1.82, 2.24) is 0 Å². The van der Waals surface area contributed by atoms with Crippen LogP contribution in [0, 0.1) is 0 Å². The van der Waals surface area contributed by atoms with Crippen molar-refractivity contribution in [3.63, 3.8) is 0 Å². The Morgan fingerprint density at radius 2 is 1.23 bits per heavy atom. The van der Waals surface area contributed by atoms with Crippen LogP contribution in [-0.4, -0.2) is 10.2 Å². The molecule has 0 aromatic heterocycles. The van der Waals surface area contributed by atoms with Gasteiger partial charge in [0.2, 0.25) is 0 Å². The van der Waals surface area contributed by atoms with Gasteiger partial charge < -0.3 is 10.2 Å². The Labute approximate surface area is 156 Å². The van der Waals surface area contributed by atoms with Crippen LogP contribution >= 0.6 is 0 Å². The lowest BCUT2D eigenvalue weighted by molar-refractivity contribution is 0.453. The fourth-order valence-corrected chi connectivity index (χ4v) is 3.00. The minimum absolute atomic E-state index is 0.174. The number of para-hydroxylation sites is 2. The predicted octanol–water partition coefficient (Wildman–Crippen LogP) is 6.06. The van der Waals surface area contributed by atoms with E-state index in [1.807, 2.05) is 54.6 Å². The van der Waals surface area contributed by atoms with Crippen LogP contribution in [0.25, 0.3) is 0 Å². The summed E-state index contributed by atoms with van der Waals surface area (Å²) in [5.41, 5.74) is 3.04. The van der Waals surface area contributed by atoms with Crippen LogP contribution in [0.15, 0.2) is 78.9 Å². The number of phenolic OH excluding ortho intramolecular Hbond substituents is 2. The summed E-state index contributed by atoms with van der Waals surface area (Å²) >= 11 is 0. The van der Waals surface area contributed by atoms with E-state index in [1.54, 1.807) is 12.1 Å². The second kappa shape index (κ2) is 9.10. The maximum atomic E-state index is 9.91. The third kappa shape index (κ3) is 4.89. The van der Waals surface area contributed by atoms with Crippen molar-refractivity contribution >= 4 is 0 Å². The van der Waals surface area contributed by atoms with Crippen LogP contribution < -0.4 is 0 Å². The highest BCUT2D eigenvalue weighted by Gasteiger charge is 2.25. The van der Waals surface area contributed by atoms with Gasteiger partial charge >= 0.3 is 0 Å². The molecule has 3 rings (SSSR count). The summed E-state index contributed by atoms with van der Waals surface area (Å²) in [6.07, 6.45) is 2.05. The minimum Gasteiger partial charge on any atom is -0.508 e. The predicted molar refractivity (Wildman–Crippen MR) is 109 cm³/mol. The molecule has 0 bridgehead atoms. The lowest BCUT2D eigenvalue weighted by Crippen LogP contribution is -2.18. The first-order valence-corrected chi connectivity index (χ1v) is 9.07. The van der Waals surface area contributed by atoms with Crippen LogP contribution in [0.1, 0.15) is 43.9 Å². The third-order valence-corrected chi connectivity index (χ3v) is 4.58. The van der Waals surface area contributed by atoms with Crippen molar-refractivity contribution in [1.29, 1.82) is 0 Å². The summed E-state index contributed by atoms with van der Waals surface area (Å²) in [6, 6.07) is 25.2. The Morgan fingerprint density at radius 3 is 1.81 bits per heavy atom. The number of hydrogen-bond donors (Lipinski definition) is 2. The molecular formula is C24H28O2. The molecule has 0 aliphatic carbocycles. The Morgan fingerprint density at radius 1 is 0.692 bits per heavy atom. The average molecular weight is 348 g/mol. The summed E-state index contributed by atoms with van der Waals surface area (Å²) in [5.74, 6) is 0.778. The monoisotopic (exact) mass is 348 g/mol. The van der Waals surface area contributed by atoms with Gasteiger partial charge in [-0.25, -0.2) is 0 Å². The van der Waals surface area contributed by atoms with Crippen molar-refractivity contribution in [2.24, 2.45) is 0 Å². The molecule has 0 saturated carbocycles. The fraction of sp³-hybridized carbons (Fsp3) is 0.250. The summed E-state index contributed by atoms with van der Waals surface area (Å²) in [5, 5.41) is 19.1. The molecule has 136 valence electrons. The van der Waals surface area contributed by atoms with Gasteiger partial charge in [-0.15, -0.1) is 0 Å². The van der Waals surface area contributed by atoms with E-state index in [0.717, 1.165) is 24.0 Å². The van der Waals surface area contributed by atoms with Crippen LogP contribution in [-0.2, 0) is 11.8 Å². The first kappa shape index (κ1) is 19.6. The summed E-state index contributed by atoms with van der Waals surface area (Å²) < 4.78 is 0. The molecule has 0 unspecified atom stereocenters. The maximum Gasteiger partial charge on any atom is 0.119 e. The molecule has 0 amide bonds. The quantitative estimate of drug-likeness (QED) is 0.601. The number of rotatable bonds is 4. The molecule has 3 aromatic carbocycles. The molecule has 2 N–H and O–H groups in total. The first-order valence-electron chi connectivity index (χ1n) is 9.07. The summed E-state index contributed by atoms with van der Waals surface area (Å²) in [7, 11) is 0. The molecule has 2 nitrogen and oxygen atoms in total. The minimum atomic E-state index is -0.174. The second-order valence-corrected chi connectivity index (χ2v) is 6.89.